The van der Waals surface area contributed by atoms with Gasteiger partial charge in [-0.3, -0.25) is 0 Å². The van der Waals surface area contributed by atoms with E-state index < -0.39 is 0 Å². The number of hydrogen-bond donors (Lipinski definition) is 5. The SMILES string of the molecule is OC1=CCCC=C1.Oc1ccccc1O.Oc1ccccc1O.[Fe]. The molecule has 0 heterocycles. The maximum Gasteiger partial charge on any atom is 0.157 e. The molecule has 0 unspecified atom stereocenters. The summed E-state index contributed by atoms with van der Waals surface area (Å²) in [6, 6.07) is 12.3. The van der Waals surface area contributed by atoms with E-state index in [0.29, 0.717) is 5.76 Å². The first kappa shape index (κ1) is 21.4. The van der Waals surface area contributed by atoms with Crippen LogP contribution in [0.2, 0.25) is 0 Å². The zero-order chi connectivity index (χ0) is 17.1. The fourth-order valence-electron chi connectivity index (χ4n) is 1.53. The molecule has 1 aliphatic carbocycles. The zero-order valence-corrected chi connectivity index (χ0v) is 14.0. The fourth-order valence-corrected chi connectivity index (χ4v) is 1.53. The first-order chi connectivity index (χ1) is 11.0. The molecular formula is C18H20FeO5. The van der Waals surface area contributed by atoms with Crippen molar-refractivity contribution in [3.8, 4) is 23.0 Å². The van der Waals surface area contributed by atoms with Crippen LogP contribution < -0.4 is 0 Å². The predicted octanol–water partition coefficient (Wildman–Crippen LogP) is 3.97. The summed E-state index contributed by atoms with van der Waals surface area (Å²) in [5, 5.41) is 43.4. The molecule has 2 aromatic carbocycles. The molecule has 24 heavy (non-hydrogen) atoms. The molecule has 0 saturated carbocycles. The summed E-state index contributed by atoms with van der Waals surface area (Å²) in [5.41, 5.74) is 0. The van der Waals surface area contributed by atoms with Gasteiger partial charge in [-0.05, 0) is 49.3 Å². The number of benzene rings is 2. The molecule has 6 heteroatoms. The Labute approximate surface area is 151 Å². The Kier molecular flexibility index (Phi) is 10.7. The van der Waals surface area contributed by atoms with Gasteiger partial charge in [-0.25, -0.2) is 0 Å². The molecule has 5 N–H and O–H groups in total. The van der Waals surface area contributed by atoms with Gasteiger partial charge in [0.15, 0.2) is 23.0 Å². The van der Waals surface area contributed by atoms with Crippen LogP contribution in [0.5, 0.6) is 23.0 Å². The number of rotatable bonds is 0. The molecular weight excluding hydrogens is 352 g/mol. The predicted molar refractivity (Wildman–Crippen MR) is 88.6 cm³/mol. The van der Waals surface area contributed by atoms with Crippen molar-refractivity contribution in [2.45, 2.75) is 12.8 Å². The van der Waals surface area contributed by atoms with Crippen LogP contribution in [0.15, 0.2) is 72.5 Å². The second kappa shape index (κ2) is 11.9. The topological polar surface area (TPSA) is 101 Å². The molecule has 0 radical (unpaired) electrons. The van der Waals surface area contributed by atoms with Crippen LogP contribution in [0, 0.1) is 0 Å². The Balaban J connectivity index is 0.000000325. The van der Waals surface area contributed by atoms with E-state index in [-0.39, 0.29) is 40.1 Å². The van der Waals surface area contributed by atoms with Crippen molar-refractivity contribution < 1.29 is 42.6 Å². The molecule has 2 aromatic rings. The monoisotopic (exact) mass is 372 g/mol. The Morgan fingerprint density at radius 2 is 0.958 bits per heavy atom. The van der Waals surface area contributed by atoms with Crippen LogP contribution in [0.3, 0.4) is 0 Å². The van der Waals surface area contributed by atoms with Crippen LogP contribution in [-0.2, 0) is 17.1 Å². The molecule has 0 atom stereocenters. The third kappa shape index (κ3) is 8.78. The molecule has 0 bridgehead atoms. The van der Waals surface area contributed by atoms with Crippen molar-refractivity contribution in [1.82, 2.24) is 0 Å². The van der Waals surface area contributed by atoms with E-state index in [9.17, 15) is 0 Å². The first-order valence-electron chi connectivity index (χ1n) is 7.00. The summed E-state index contributed by atoms with van der Waals surface area (Å²) in [6.07, 6.45) is 7.57. The minimum absolute atomic E-state index is 0. The summed E-state index contributed by atoms with van der Waals surface area (Å²) in [5.74, 6) is 0.103. The first-order valence-corrected chi connectivity index (χ1v) is 7.00. The van der Waals surface area contributed by atoms with Crippen molar-refractivity contribution in [2.24, 2.45) is 0 Å². The Morgan fingerprint density at radius 3 is 1.12 bits per heavy atom. The van der Waals surface area contributed by atoms with Gasteiger partial charge >= 0.3 is 0 Å². The quantitative estimate of drug-likeness (QED) is 0.356. The summed E-state index contributed by atoms with van der Waals surface area (Å²) >= 11 is 0. The van der Waals surface area contributed by atoms with E-state index in [1.54, 1.807) is 30.3 Å². The number of para-hydroxylation sites is 4. The average Bonchev–Trinajstić information content (AvgIpc) is 2.55. The molecule has 5 nitrogen and oxygen atoms in total. The van der Waals surface area contributed by atoms with Crippen LogP contribution >= 0.6 is 0 Å². The van der Waals surface area contributed by atoms with Crippen molar-refractivity contribution >= 4 is 0 Å². The van der Waals surface area contributed by atoms with Gasteiger partial charge in [0.25, 0.3) is 0 Å². The van der Waals surface area contributed by atoms with Gasteiger partial charge in [-0.1, -0.05) is 30.3 Å². The number of aromatic hydroxyl groups is 4. The minimum atomic E-state index is -0.0764. The van der Waals surface area contributed by atoms with Crippen LogP contribution in [0.4, 0.5) is 0 Å². The molecule has 3 rings (SSSR count). The van der Waals surface area contributed by atoms with Gasteiger partial charge in [-0.2, -0.15) is 0 Å². The molecule has 0 aliphatic heterocycles. The van der Waals surface area contributed by atoms with Gasteiger partial charge in [0.05, 0.1) is 0 Å². The normalized spacial score (nSPS) is 11.6. The number of hydrogen-bond acceptors (Lipinski definition) is 5. The molecule has 0 amide bonds. The minimum Gasteiger partial charge on any atom is -0.508 e. The Morgan fingerprint density at radius 1 is 0.583 bits per heavy atom. The number of phenols is 4. The summed E-state index contributed by atoms with van der Waals surface area (Å²) in [6.45, 7) is 0. The zero-order valence-electron chi connectivity index (χ0n) is 12.9. The van der Waals surface area contributed by atoms with Gasteiger partial charge < -0.3 is 25.5 Å². The summed E-state index contributed by atoms with van der Waals surface area (Å²) in [7, 11) is 0. The van der Waals surface area contributed by atoms with E-state index in [1.807, 2.05) is 12.2 Å². The van der Waals surface area contributed by atoms with Crippen LogP contribution in [0.1, 0.15) is 12.8 Å². The van der Waals surface area contributed by atoms with E-state index >= 15 is 0 Å². The van der Waals surface area contributed by atoms with Crippen molar-refractivity contribution in [3.63, 3.8) is 0 Å². The van der Waals surface area contributed by atoms with Crippen molar-refractivity contribution in [1.29, 1.82) is 0 Å². The molecule has 0 aromatic heterocycles. The Bertz CT molecular complexity index is 582. The number of aliphatic hydroxyl groups excluding tert-OH is 1. The summed E-state index contributed by atoms with van der Waals surface area (Å²) < 4.78 is 0. The van der Waals surface area contributed by atoms with E-state index in [0.717, 1.165) is 12.8 Å². The number of aliphatic hydroxyl groups is 1. The second-order valence-corrected chi connectivity index (χ2v) is 4.59. The van der Waals surface area contributed by atoms with E-state index in [4.69, 9.17) is 25.5 Å². The van der Waals surface area contributed by atoms with Gasteiger partial charge in [0, 0.05) is 17.1 Å². The molecule has 1 aliphatic rings. The van der Waals surface area contributed by atoms with Gasteiger partial charge in [0.1, 0.15) is 5.76 Å². The largest absolute Gasteiger partial charge is 0.508 e. The van der Waals surface area contributed by atoms with E-state index in [1.165, 1.54) is 24.3 Å². The molecule has 0 fully saturated rings. The molecule has 0 spiro atoms. The molecule has 130 valence electrons. The number of allylic oxidation sites excluding steroid dienone is 3. The Hall–Kier alpha value is -2.56. The third-order valence-electron chi connectivity index (χ3n) is 2.74. The molecule has 0 saturated heterocycles. The summed E-state index contributed by atoms with van der Waals surface area (Å²) in [4.78, 5) is 0. The standard InChI is InChI=1S/2C6H6O2.C6H8O.Fe/c2*7-5-3-1-2-4-6(5)8;7-6-4-2-1-3-5-6;/h2*1-4,7-8H;2,4-5,7H,1,3H2;. The maximum absolute atomic E-state index is 8.68. The van der Waals surface area contributed by atoms with Crippen LogP contribution in [0.25, 0.3) is 0 Å². The van der Waals surface area contributed by atoms with Gasteiger partial charge in [0.2, 0.25) is 0 Å². The second-order valence-electron chi connectivity index (χ2n) is 4.59. The maximum atomic E-state index is 8.68. The average molecular weight is 372 g/mol. The van der Waals surface area contributed by atoms with Crippen LogP contribution in [-0.4, -0.2) is 25.5 Å². The van der Waals surface area contributed by atoms with Crippen molar-refractivity contribution in [2.75, 3.05) is 0 Å². The third-order valence-corrected chi connectivity index (χ3v) is 2.74. The number of phenolic OH excluding ortho intramolecular Hbond substituents is 4. The van der Waals surface area contributed by atoms with E-state index in [2.05, 4.69) is 0 Å². The van der Waals surface area contributed by atoms with Crippen molar-refractivity contribution in [3.05, 3.63) is 72.5 Å². The fraction of sp³-hybridized carbons (Fsp3) is 0.111. The smallest absolute Gasteiger partial charge is 0.157 e. The van der Waals surface area contributed by atoms with Gasteiger partial charge in [-0.15, -0.1) is 0 Å².